The van der Waals surface area contributed by atoms with E-state index >= 15 is 0 Å². The summed E-state index contributed by atoms with van der Waals surface area (Å²) in [5, 5.41) is 13.7. The molecule has 1 N–H and O–H groups in total. The molecule has 0 saturated carbocycles. The third kappa shape index (κ3) is 3.89. The Balaban J connectivity index is 3.03. The SMILES string of the molecule is CNc1cc(C(=O)N(C)CCN(C)C)c([N+](=O)[O-])cn1. The van der Waals surface area contributed by atoms with E-state index in [0.29, 0.717) is 18.9 Å². The highest BCUT2D eigenvalue weighted by Crippen LogP contribution is 2.21. The van der Waals surface area contributed by atoms with Crippen LogP contribution >= 0.6 is 0 Å². The summed E-state index contributed by atoms with van der Waals surface area (Å²) in [5.74, 6) is 0.0254. The maximum Gasteiger partial charge on any atom is 0.300 e. The standard InChI is InChI=1S/C12H19N5O3/c1-13-11-7-9(10(8-14-11)17(19)20)12(18)16(4)6-5-15(2)3/h7-8H,5-6H2,1-4H3,(H,13,14). The van der Waals surface area contributed by atoms with Gasteiger partial charge in [0.15, 0.2) is 0 Å². The lowest BCUT2D eigenvalue weighted by molar-refractivity contribution is -0.385. The van der Waals surface area contributed by atoms with Crippen molar-refractivity contribution < 1.29 is 9.72 Å². The van der Waals surface area contributed by atoms with Gasteiger partial charge in [0.25, 0.3) is 11.6 Å². The molecule has 1 aromatic rings. The zero-order valence-electron chi connectivity index (χ0n) is 12.1. The van der Waals surface area contributed by atoms with Crippen molar-refractivity contribution in [2.45, 2.75) is 0 Å². The molecule has 1 amide bonds. The van der Waals surface area contributed by atoms with Crippen LogP contribution in [0.3, 0.4) is 0 Å². The minimum atomic E-state index is -0.598. The molecule has 0 bridgehead atoms. The molecule has 20 heavy (non-hydrogen) atoms. The van der Waals surface area contributed by atoms with Crippen molar-refractivity contribution in [3.05, 3.63) is 27.9 Å². The summed E-state index contributed by atoms with van der Waals surface area (Å²) in [5.41, 5.74) is -0.249. The summed E-state index contributed by atoms with van der Waals surface area (Å²) in [6.45, 7) is 1.17. The van der Waals surface area contributed by atoms with Crippen LogP contribution in [0.1, 0.15) is 10.4 Å². The smallest absolute Gasteiger partial charge is 0.300 e. The molecule has 110 valence electrons. The highest BCUT2D eigenvalue weighted by Gasteiger charge is 2.24. The Morgan fingerprint density at radius 3 is 2.55 bits per heavy atom. The fourth-order valence-electron chi connectivity index (χ4n) is 1.56. The minimum Gasteiger partial charge on any atom is -0.373 e. The van der Waals surface area contributed by atoms with Crippen LogP contribution in [0.15, 0.2) is 12.3 Å². The Kier molecular flexibility index (Phi) is 5.39. The van der Waals surface area contributed by atoms with Crippen LogP contribution in [0.5, 0.6) is 0 Å². The highest BCUT2D eigenvalue weighted by molar-refractivity contribution is 5.98. The largest absolute Gasteiger partial charge is 0.373 e. The summed E-state index contributed by atoms with van der Waals surface area (Å²) < 4.78 is 0. The van der Waals surface area contributed by atoms with Crippen LogP contribution in [0.4, 0.5) is 11.5 Å². The number of carbonyl (C=O) groups excluding carboxylic acids is 1. The molecule has 0 aliphatic carbocycles. The van der Waals surface area contributed by atoms with E-state index in [0.717, 1.165) is 6.20 Å². The summed E-state index contributed by atoms with van der Waals surface area (Å²) in [4.78, 5) is 29.9. The maximum atomic E-state index is 12.3. The van der Waals surface area contributed by atoms with Crippen LogP contribution in [0, 0.1) is 10.1 Å². The minimum absolute atomic E-state index is 0.0376. The van der Waals surface area contributed by atoms with E-state index in [9.17, 15) is 14.9 Å². The normalized spacial score (nSPS) is 10.4. The van der Waals surface area contributed by atoms with Gasteiger partial charge in [0.2, 0.25) is 0 Å². The van der Waals surface area contributed by atoms with Gasteiger partial charge in [-0.3, -0.25) is 14.9 Å². The number of rotatable bonds is 6. The van der Waals surface area contributed by atoms with Gasteiger partial charge in [-0.1, -0.05) is 0 Å². The average Bonchev–Trinajstić information content (AvgIpc) is 2.42. The maximum absolute atomic E-state index is 12.3. The van der Waals surface area contributed by atoms with Gasteiger partial charge in [-0.15, -0.1) is 0 Å². The molecule has 8 heteroatoms. The molecule has 1 heterocycles. The first-order valence-corrected chi connectivity index (χ1v) is 6.09. The van der Waals surface area contributed by atoms with Crippen molar-refractivity contribution in [3.8, 4) is 0 Å². The van der Waals surface area contributed by atoms with Crippen LogP contribution in [-0.4, -0.2) is 66.9 Å². The first kappa shape index (κ1) is 15.8. The number of aromatic nitrogens is 1. The van der Waals surface area contributed by atoms with E-state index in [4.69, 9.17) is 0 Å². The highest BCUT2D eigenvalue weighted by atomic mass is 16.6. The topological polar surface area (TPSA) is 91.6 Å². The van der Waals surface area contributed by atoms with Crippen LogP contribution in [0.25, 0.3) is 0 Å². The zero-order chi connectivity index (χ0) is 15.3. The number of anilines is 1. The summed E-state index contributed by atoms with van der Waals surface area (Å²) >= 11 is 0. The quantitative estimate of drug-likeness (QED) is 0.608. The predicted molar refractivity (Wildman–Crippen MR) is 76.0 cm³/mol. The van der Waals surface area contributed by atoms with E-state index < -0.39 is 10.8 Å². The Morgan fingerprint density at radius 1 is 1.40 bits per heavy atom. The third-order valence-electron chi connectivity index (χ3n) is 2.80. The lowest BCUT2D eigenvalue weighted by atomic mass is 10.2. The van der Waals surface area contributed by atoms with Crippen LogP contribution in [0.2, 0.25) is 0 Å². The van der Waals surface area contributed by atoms with Crippen molar-refractivity contribution in [1.29, 1.82) is 0 Å². The van der Waals surface area contributed by atoms with Crippen LogP contribution in [-0.2, 0) is 0 Å². The predicted octanol–water partition coefficient (Wildman–Crippen LogP) is 0.665. The summed E-state index contributed by atoms with van der Waals surface area (Å²) in [7, 11) is 7.05. The molecule has 1 aromatic heterocycles. The molecule has 0 saturated heterocycles. The molecule has 0 fully saturated rings. The zero-order valence-corrected chi connectivity index (χ0v) is 12.1. The summed E-state index contributed by atoms with van der Waals surface area (Å²) in [6, 6.07) is 1.40. The lowest BCUT2D eigenvalue weighted by Crippen LogP contribution is -2.33. The molecule has 0 spiro atoms. The summed E-state index contributed by atoms with van der Waals surface area (Å²) in [6.07, 6.45) is 1.10. The number of nitro groups is 1. The van der Waals surface area contributed by atoms with E-state index in [1.807, 2.05) is 19.0 Å². The van der Waals surface area contributed by atoms with Gasteiger partial charge in [-0.2, -0.15) is 0 Å². The van der Waals surface area contributed by atoms with E-state index in [1.165, 1.54) is 11.0 Å². The fourth-order valence-corrected chi connectivity index (χ4v) is 1.56. The number of carbonyl (C=O) groups is 1. The number of likely N-dealkylation sites (N-methyl/N-ethyl adjacent to an activating group) is 2. The van der Waals surface area contributed by atoms with Crippen molar-refractivity contribution in [2.24, 2.45) is 0 Å². The fraction of sp³-hybridized carbons (Fsp3) is 0.500. The molecule has 0 aromatic carbocycles. The second-order valence-electron chi connectivity index (χ2n) is 4.62. The van der Waals surface area contributed by atoms with Gasteiger partial charge in [0, 0.05) is 33.3 Å². The number of amides is 1. The molecular weight excluding hydrogens is 262 g/mol. The molecule has 1 rings (SSSR count). The van der Waals surface area contributed by atoms with E-state index in [2.05, 4.69) is 10.3 Å². The van der Waals surface area contributed by atoms with Crippen molar-refractivity contribution in [3.63, 3.8) is 0 Å². The monoisotopic (exact) mass is 281 g/mol. The van der Waals surface area contributed by atoms with Gasteiger partial charge in [-0.25, -0.2) is 4.98 Å². The second-order valence-corrected chi connectivity index (χ2v) is 4.62. The molecule has 0 aliphatic heterocycles. The van der Waals surface area contributed by atoms with Gasteiger partial charge in [0.05, 0.1) is 4.92 Å². The van der Waals surface area contributed by atoms with E-state index in [1.54, 1.807) is 14.1 Å². The van der Waals surface area contributed by atoms with Gasteiger partial charge >= 0.3 is 0 Å². The number of hydrogen-bond donors (Lipinski definition) is 1. The lowest BCUT2D eigenvalue weighted by Gasteiger charge is -2.19. The van der Waals surface area contributed by atoms with Crippen molar-refractivity contribution in [2.75, 3.05) is 46.6 Å². The molecule has 8 nitrogen and oxygen atoms in total. The van der Waals surface area contributed by atoms with Crippen LogP contribution < -0.4 is 5.32 Å². The number of pyridine rings is 1. The first-order chi connectivity index (χ1) is 9.36. The molecule has 0 atom stereocenters. The van der Waals surface area contributed by atoms with Gasteiger partial charge in [-0.05, 0) is 14.1 Å². The molecule has 0 radical (unpaired) electrons. The Hall–Kier alpha value is -2.22. The van der Waals surface area contributed by atoms with Crippen molar-refractivity contribution in [1.82, 2.24) is 14.8 Å². The third-order valence-corrected chi connectivity index (χ3v) is 2.80. The number of nitrogens with zero attached hydrogens (tertiary/aromatic N) is 4. The average molecular weight is 281 g/mol. The second kappa shape index (κ2) is 6.80. The Bertz CT molecular complexity index is 504. The molecular formula is C12H19N5O3. The van der Waals surface area contributed by atoms with E-state index in [-0.39, 0.29) is 11.3 Å². The Morgan fingerprint density at radius 2 is 2.05 bits per heavy atom. The van der Waals surface area contributed by atoms with Crippen molar-refractivity contribution >= 4 is 17.4 Å². The van der Waals surface area contributed by atoms with Gasteiger partial charge in [0.1, 0.15) is 17.6 Å². The first-order valence-electron chi connectivity index (χ1n) is 6.09. The molecule has 0 aliphatic rings. The Labute approximate surface area is 117 Å². The number of hydrogen-bond acceptors (Lipinski definition) is 6. The van der Waals surface area contributed by atoms with Gasteiger partial charge < -0.3 is 15.1 Å². The number of nitrogens with one attached hydrogen (secondary N) is 1. The molecule has 0 unspecified atom stereocenters.